The van der Waals surface area contributed by atoms with E-state index >= 15 is 0 Å². The molecule has 76 valence electrons. The molecule has 0 amide bonds. The van der Waals surface area contributed by atoms with Gasteiger partial charge in [0, 0.05) is 13.7 Å². The first-order chi connectivity index (χ1) is 6.63. The van der Waals surface area contributed by atoms with Crippen molar-refractivity contribution in [3.8, 4) is 0 Å². The van der Waals surface area contributed by atoms with Crippen LogP contribution in [-0.2, 0) is 9.53 Å². The molecular weight excluding hydrogens is 361 g/mol. The Bertz CT molecular complexity index is 344. The van der Waals surface area contributed by atoms with Gasteiger partial charge in [-0.05, 0) is 56.7 Å². The first-order valence-corrected chi connectivity index (χ1v) is 5.76. The van der Waals surface area contributed by atoms with E-state index in [1.54, 1.807) is 0 Å². The zero-order chi connectivity index (χ0) is 10.6. The van der Waals surface area contributed by atoms with Crippen molar-refractivity contribution in [3.63, 3.8) is 0 Å². The molecule has 1 aromatic rings. The molecule has 0 aliphatic rings. The van der Waals surface area contributed by atoms with E-state index in [4.69, 9.17) is 0 Å². The lowest BCUT2D eigenvalue weighted by molar-refractivity contribution is -0.138. The maximum atomic E-state index is 10.8. The third kappa shape index (κ3) is 3.45. The summed E-state index contributed by atoms with van der Waals surface area (Å²) in [7, 11) is 1.37. The Hall–Kier alpha value is -0.300. The van der Waals surface area contributed by atoms with Crippen molar-refractivity contribution in [2.24, 2.45) is 0 Å². The van der Waals surface area contributed by atoms with Gasteiger partial charge >= 0.3 is 5.97 Å². The van der Waals surface area contributed by atoms with Crippen LogP contribution in [0.2, 0.25) is 0 Å². The van der Waals surface area contributed by atoms with Gasteiger partial charge in [-0.25, -0.2) is 0 Å². The van der Waals surface area contributed by atoms with Gasteiger partial charge in [-0.1, -0.05) is 0 Å². The molecule has 0 aliphatic carbocycles. The van der Waals surface area contributed by atoms with E-state index in [0.29, 0.717) is 0 Å². The molecule has 1 rings (SSSR count). The maximum absolute atomic E-state index is 10.8. The van der Waals surface area contributed by atoms with Crippen molar-refractivity contribution in [3.05, 3.63) is 26.2 Å². The molecule has 0 bridgehead atoms. The number of ether oxygens (including phenoxy) is 1. The number of halogens is 2. The fourth-order valence-corrected chi connectivity index (χ4v) is 1.57. The van der Waals surface area contributed by atoms with Crippen LogP contribution in [0, 0.1) is 3.57 Å². The molecule has 0 unspecified atom stereocenters. The first kappa shape index (κ1) is 11.8. The summed E-state index contributed by atoms with van der Waals surface area (Å²) in [6, 6.07) is 5.80. The molecule has 0 saturated carbocycles. The van der Waals surface area contributed by atoms with Crippen molar-refractivity contribution >= 4 is 50.2 Å². The average Bonchev–Trinajstić information content (AvgIpc) is 2.19. The highest BCUT2D eigenvalue weighted by Gasteiger charge is 2.01. The van der Waals surface area contributed by atoms with Gasteiger partial charge in [-0.2, -0.15) is 0 Å². The number of nitrogens with one attached hydrogen (secondary N) is 1. The summed E-state index contributed by atoms with van der Waals surface area (Å²) < 4.78 is 6.65. The summed E-state index contributed by atoms with van der Waals surface area (Å²) in [5.74, 6) is -0.278. The van der Waals surface area contributed by atoms with E-state index in [0.717, 1.165) is 13.7 Å². The predicted octanol–water partition coefficient (Wildman–Crippen LogP) is 2.64. The predicted molar refractivity (Wildman–Crippen MR) is 67.4 cm³/mol. The number of esters is 1. The number of hydrogen-bond acceptors (Lipinski definition) is 3. The van der Waals surface area contributed by atoms with E-state index < -0.39 is 0 Å². The van der Waals surface area contributed by atoms with Gasteiger partial charge in [0.1, 0.15) is 6.54 Å². The molecule has 5 heteroatoms. The van der Waals surface area contributed by atoms with Crippen molar-refractivity contribution in [2.75, 3.05) is 19.0 Å². The van der Waals surface area contributed by atoms with E-state index in [2.05, 4.69) is 48.6 Å². The van der Waals surface area contributed by atoms with Gasteiger partial charge in [0.25, 0.3) is 0 Å². The number of methoxy groups -OCH3 is 1. The van der Waals surface area contributed by atoms with Crippen LogP contribution in [0.15, 0.2) is 22.7 Å². The molecule has 0 heterocycles. The zero-order valence-electron chi connectivity index (χ0n) is 7.51. The molecule has 1 N–H and O–H groups in total. The van der Waals surface area contributed by atoms with Crippen LogP contribution in [0.5, 0.6) is 0 Å². The van der Waals surface area contributed by atoms with E-state index in [1.165, 1.54) is 7.11 Å². The van der Waals surface area contributed by atoms with Gasteiger partial charge in [0.2, 0.25) is 0 Å². The summed E-state index contributed by atoms with van der Waals surface area (Å²) >= 11 is 5.63. The molecule has 0 aromatic heterocycles. The Labute approximate surface area is 104 Å². The Kier molecular flexibility index (Phi) is 4.67. The van der Waals surface area contributed by atoms with E-state index in [-0.39, 0.29) is 12.5 Å². The Morgan fingerprint density at radius 1 is 1.64 bits per heavy atom. The molecule has 14 heavy (non-hydrogen) atoms. The van der Waals surface area contributed by atoms with Crippen LogP contribution >= 0.6 is 38.5 Å². The summed E-state index contributed by atoms with van der Waals surface area (Å²) in [6.45, 7) is 0.184. The molecule has 0 saturated heterocycles. The number of carbonyl (C=O) groups excluding carboxylic acids is 1. The van der Waals surface area contributed by atoms with Gasteiger partial charge in [-0.15, -0.1) is 0 Å². The quantitative estimate of drug-likeness (QED) is 0.657. The topological polar surface area (TPSA) is 38.3 Å². The largest absolute Gasteiger partial charge is 0.468 e. The summed E-state index contributed by atoms with van der Waals surface area (Å²) in [5, 5.41) is 2.96. The highest BCUT2D eigenvalue weighted by atomic mass is 127. The second kappa shape index (κ2) is 5.55. The number of hydrogen-bond donors (Lipinski definition) is 1. The first-order valence-electron chi connectivity index (χ1n) is 3.89. The van der Waals surface area contributed by atoms with E-state index in [1.807, 2.05) is 18.2 Å². The molecular formula is C9H9BrINO2. The molecule has 3 nitrogen and oxygen atoms in total. The minimum absolute atomic E-state index is 0.184. The Morgan fingerprint density at radius 3 is 2.93 bits per heavy atom. The monoisotopic (exact) mass is 369 g/mol. The third-order valence-corrected chi connectivity index (χ3v) is 3.92. The van der Waals surface area contributed by atoms with E-state index in [9.17, 15) is 4.79 Å². The lowest BCUT2D eigenvalue weighted by Crippen LogP contribution is -2.14. The highest BCUT2D eigenvalue weighted by molar-refractivity contribution is 14.1. The molecule has 1 aromatic carbocycles. The minimum Gasteiger partial charge on any atom is -0.468 e. The fraction of sp³-hybridized carbons (Fsp3) is 0.222. The van der Waals surface area contributed by atoms with Crippen LogP contribution in [0.1, 0.15) is 0 Å². The van der Waals surface area contributed by atoms with Crippen LogP contribution in [0.3, 0.4) is 0 Å². The van der Waals surface area contributed by atoms with Crippen LogP contribution in [0.25, 0.3) is 0 Å². The molecule has 0 atom stereocenters. The lowest BCUT2D eigenvalue weighted by atomic mass is 10.3. The summed E-state index contributed by atoms with van der Waals surface area (Å²) in [6.07, 6.45) is 0. The molecule has 0 radical (unpaired) electrons. The highest BCUT2D eigenvalue weighted by Crippen LogP contribution is 2.22. The smallest absolute Gasteiger partial charge is 0.325 e. The van der Waals surface area contributed by atoms with Gasteiger partial charge < -0.3 is 10.1 Å². The summed E-state index contributed by atoms with van der Waals surface area (Å²) in [4.78, 5) is 10.8. The molecule has 0 spiro atoms. The zero-order valence-corrected chi connectivity index (χ0v) is 11.3. The second-order valence-electron chi connectivity index (χ2n) is 2.56. The van der Waals surface area contributed by atoms with Gasteiger partial charge in [0.15, 0.2) is 0 Å². The SMILES string of the molecule is COC(=O)CNc1ccc(I)c(Br)c1. The third-order valence-electron chi connectivity index (χ3n) is 1.58. The van der Waals surface area contributed by atoms with Crippen LogP contribution in [-0.4, -0.2) is 19.6 Å². The number of rotatable bonds is 3. The van der Waals surface area contributed by atoms with Crippen molar-refractivity contribution < 1.29 is 9.53 Å². The lowest BCUT2D eigenvalue weighted by Gasteiger charge is -2.05. The Morgan fingerprint density at radius 2 is 2.36 bits per heavy atom. The Balaban J connectivity index is 2.60. The van der Waals surface area contributed by atoms with Crippen molar-refractivity contribution in [1.82, 2.24) is 0 Å². The van der Waals surface area contributed by atoms with Gasteiger partial charge in [-0.3, -0.25) is 4.79 Å². The maximum Gasteiger partial charge on any atom is 0.325 e. The number of anilines is 1. The standard InChI is InChI=1S/C9H9BrINO2/c1-14-9(13)5-12-6-2-3-8(11)7(10)4-6/h2-4,12H,5H2,1H3. The fourth-order valence-electron chi connectivity index (χ4n) is 0.852. The normalized spacial score (nSPS) is 9.64. The molecule has 0 aliphatic heterocycles. The second-order valence-corrected chi connectivity index (χ2v) is 4.58. The van der Waals surface area contributed by atoms with Crippen LogP contribution in [0.4, 0.5) is 5.69 Å². The molecule has 0 fully saturated rings. The van der Waals surface area contributed by atoms with Crippen molar-refractivity contribution in [1.29, 1.82) is 0 Å². The average molecular weight is 370 g/mol. The summed E-state index contributed by atoms with van der Waals surface area (Å²) in [5.41, 5.74) is 0.891. The minimum atomic E-state index is -0.278. The number of benzene rings is 1. The van der Waals surface area contributed by atoms with Crippen LogP contribution < -0.4 is 5.32 Å². The number of carbonyl (C=O) groups is 1. The van der Waals surface area contributed by atoms with Gasteiger partial charge in [0.05, 0.1) is 7.11 Å². The van der Waals surface area contributed by atoms with Crippen molar-refractivity contribution in [2.45, 2.75) is 0 Å².